The van der Waals surface area contributed by atoms with Crippen LogP contribution in [0, 0.1) is 0 Å². The van der Waals surface area contributed by atoms with E-state index in [0.29, 0.717) is 17.8 Å². The number of hydrogen-bond acceptors (Lipinski definition) is 3. The second-order valence-corrected chi connectivity index (χ2v) is 5.97. The van der Waals surface area contributed by atoms with E-state index >= 15 is 0 Å². The van der Waals surface area contributed by atoms with Gasteiger partial charge in [0.05, 0.1) is 23.0 Å². The molecular formula is C17H17F3N4. The maximum atomic E-state index is 12.7. The van der Waals surface area contributed by atoms with E-state index in [1.165, 1.54) is 12.1 Å². The van der Waals surface area contributed by atoms with E-state index in [-0.39, 0.29) is 6.04 Å². The van der Waals surface area contributed by atoms with Crippen molar-refractivity contribution in [1.29, 1.82) is 0 Å². The van der Waals surface area contributed by atoms with Crippen LogP contribution < -0.4 is 5.73 Å². The van der Waals surface area contributed by atoms with Gasteiger partial charge < -0.3 is 10.3 Å². The van der Waals surface area contributed by atoms with E-state index in [1.54, 1.807) is 6.20 Å². The highest BCUT2D eigenvalue weighted by molar-refractivity contribution is 5.75. The SMILES string of the molecule is CC(C)n1c(Cc2ccc(C(F)(F)F)cc2)nc2ncc(N)cc21. The first kappa shape index (κ1) is 16.3. The average molecular weight is 334 g/mol. The Morgan fingerprint density at radius 1 is 1.17 bits per heavy atom. The topological polar surface area (TPSA) is 56.7 Å². The normalized spacial score (nSPS) is 12.2. The zero-order valence-electron chi connectivity index (χ0n) is 13.3. The first-order chi connectivity index (χ1) is 11.3. The van der Waals surface area contributed by atoms with Gasteiger partial charge in [-0.3, -0.25) is 0 Å². The van der Waals surface area contributed by atoms with Crippen molar-refractivity contribution in [3.63, 3.8) is 0 Å². The summed E-state index contributed by atoms with van der Waals surface area (Å²) >= 11 is 0. The van der Waals surface area contributed by atoms with Gasteiger partial charge in [-0.2, -0.15) is 13.2 Å². The molecule has 0 saturated carbocycles. The molecule has 0 aliphatic carbocycles. The third kappa shape index (κ3) is 3.06. The number of benzene rings is 1. The lowest BCUT2D eigenvalue weighted by Gasteiger charge is -2.13. The summed E-state index contributed by atoms with van der Waals surface area (Å²) in [6, 6.07) is 7.08. The van der Waals surface area contributed by atoms with Gasteiger partial charge in [0.25, 0.3) is 0 Å². The van der Waals surface area contributed by atoms with Gasteiger partial charge in [-0.1, -0.05) is 12.1 Å². The zero-order chi connectivity index (χ0) is 17.5. The average Bonchev–Trinajstić information content (AvgIpc) is 2.84. The predicted octanol–water partition coefficient (Wildman–Crippen LogP) is 4.20. The maximum absolute atomic E-state index is 12.7. The van der Waals surface area contributed by atoms with Crippen molar-refractivity contribution in [3.05, 3.63) is 53.5 Å². The van der Waals surface area contributed by atoms with Crippen molar-refractivity contribution in [2.24, 2.45) is 0 Å². The number of pyridine rings is 1. The number of fused-ring (bicyclic) bond motifs is 1. The number of imidazole rings is 1. The van der Waals surface area contributed by atoms with Crippen LogP contribution in [-0.2, 0) is 12.6 Å². The Morgan fingerprint density at radius 2 is 1.83 bits per heavy atom. The third-order valence-electron chi connectivity index (χ3n) is 3.80. The highest BCUT2D eigenvalue weighted by Gasteiger charge is 2.30. The smallest absolute Gasteiger partial charge is 0.397 e. The summed E-state index contributed by atoms with van der Waals surface area (Å²) < 4.78 is 40.0. The Bertz CT molecular complexity index is 864. The van der Waals surface area contributed by atoms with Crippen LogP contribution in [-0.4, -0.2) is 14.5 Å². The summed E-state index contributed by atoms with van der Waals surface area (Å²) in [7, 11) is 0. The lowest BCUT2D eigenvalue weighted by Crippen LogP contribution is -2.08. The Hall–Kier alpha value is -2.57. The van der Waals surface area contributed by atoms with Gasteiger partial charge in [0.1, 0.15) is 5.82 Å². The molecule has 0 radical (unpaired) electrons. The van der Waals surface area contributed by atoms with Crippen molar-refractivity contribution in [3.8, 4) is 0 Å². The molecule has 3 rings (SSSR count). The molecule has 2 heterocycles. The molecule has 0 atom stereocenters. The lowest BCUT2D eigenvalue weighted by atomic mass is 10.1. The number of nitrogens with two attached hydrogens (primary N) is 1. The van der Waals surface area contributed by atoms with E-state index in [1.807, 2.05) is 24.5 Å². The molecular weight excluding hydrogens is 317 g/mol. The molecule has 0 unspecified atom stereocenters. The second kappa shape index (κ2) is 5.81. The monoisotopic (exact) mass is 334 g/mol. The van der Waals surface area contributed by atoms with Crippen LogP contribution in [0.2, 0.25) is 0 Å². The molecule has 0 aliphatic rings. The molecule has 1 aromatic carbocycles. The molecule has 0 bridgehead atoms. The highest BCUT2D eigenvalue weighted by atomic mass is 19.4. The Kier molecular flexibility index (Phi) is 3.95. The number of hydrogen-bond donors (Lipinski definition) is 1. The number of alkyl halides is 3. The fourth-order valence-corrected chi connectivity index (χ4v) is 2.74. The number of aromatic nitrogens is 3. The van der Waals surface area contributed by atoms with Crippen LogP contribution in [0.25, 0.3) is 11.2 Å². The molecule has 2 aromatic heterocycles. The third-order valence-corrected chi connectivity index (χ3v) is 3.80. The quantitative estimate of drug-likeness (QED) is 0.781. The largest absolute Gasteiger partial charge is 0.416 e. The van der Waals surface area contributed by atoms with Crippen molar-refractivity contribution in [2.75, 3.05) is 5.73 Å². The van der Waals surface area contributed by atoms with Gasteiger partial charge in [0.2, 0.25) is 0 Å². The van der Waals surface area contributed by atoms with Crippen LogP contribution in [0.1, 0.15) is 36.8 Å². The minimum absolute atomic E-state index is 0.128. The summed E-state index contributed by atoms with van der Waals surface area (Å²) in [4.78, 5) is 8.74. The number of nitrogens with zero attached hydrogens (tertiary/aromatic N) is 3. The molecule has 7 heteroatoms. The second-order valence-electron chi connectivity index (χ2n) is 5.97. The fraction of sp³-hybridized carbons (Fsp3) is 0.294. The molecule has 3 aromatic rings. The van der Waals surface area contributed by atoms with Gasteiger partial charge in [0.15, 0.2) is 5.65 Å². The van der Waals surface area contributed by atoms with Gasteiger partial charge in [-0.15, -0.1) is 0 Å². The molecule has 0 saturated heterocycles. The van der Waals surface area contributed by atoms with Crippen molar-refractivity contribution in [2.45, 2.75) is 32.5 Å². The van der Waals surface area contributed by atoms with Gasteiger partial charge in [0, 0.05) is 12.5 Å². The van der Waals surface area contributed by atoms with Crippen LogP contribution in [0.5, 0.6) is 0 Å². The lowest BCUT2D eigenvalue weighted by molar-refractivity contribution is -0.137. The van der Waals surface area contributed by atoms with Crippen molar-refractivity contribution < 1.29 is 13.2 Å². The number of nitrogen functional groups attached to an aromatic ring is 1. The molecule has 2 N–H and O–H groups in total. The molecule has 24 heavy (non-hydrogen) atoms. The standard InChI is InChI=1S/C17H17F3N4/c1-10(2)24-14-8-13(21)9-22-16(14)23-15(24)7-11-3-5-12(6-4-11)17(18,19)20/h3-6,8-10H,7,21H2,1-2H3. The van der Waals surface area contributed by atoms with Crippen LogP contribution in [0.3, 0.4) is 0 Å². The Morgan fingerprint density at radius 3 is 2.42 bits per heavy atom. The molecule has 126 valence electrons. The Balaban J connectivity index is 1.99. The molecule has 4 nitrogen and oxygen atoms in total. The summed E-state index contributed by atoms with van der Waals surface area (Å²) in [5.41, 5.74) is 7.86. The van der Waals surface area contributed by atoms with Crippen molar-refractivity contribution in [1.82, 2.24) is 14.5 Å². The minimum Gasteiger partial charge on any atom is -0.397 e. The van der Waals surface area contributed by atoms with E-state index in [2.05, 4.69) is 9.97 Å². The molecule has 0 amide bonds. The molecule has 0 spiro atoms. The van der Waals surface area contributed by atoms with E-state index in [4.69, 9.17) is 5.73 Å². The predicted molar refractivity (Wildman–Crippen MR) is 86.6 cm³/mol. The zero-order valence-corrected chi connectivity index (χ0v) is 13.3. The van der Waals surface area contributed by atoms with Gasteiger partial charge >= 0.3 is 6.18 Å². The van der Waals surface area contributed by atoms with E-state index in [9.17, 15) is 13.2 Å². The van der Waals surface area contributed by atoms with E-state index < -0.39 is 11.7 Å². The first-order valence-corrected chi connectivity index (χ1v) is 7.54. The van der Waals surface area contributed by atoms with Gasteiger partial charge in [-0.05, 0) is 37.6 Å². The number of rotatable bonds is 3. The molecule has 0 aliphatic heterocycles. The summed E-state index contributed by atoms with van der Waals surface area (Å²) in [6.45, 7) is 4.03. The number of halogens is 3. The van der Waals surface area contributed by atoms with Gasteiger partial charge in [-0.25, -0.2) is 9.97 Å². The fourth-order valence-electron chi connectivity index (χ4n) is 2.74. The summed E-state index contributed by atoms with van der Waals surface area (Å²) in [5, 5.41) is 0. The minimum atomic E-state index is -4.33. The summed E-state index contributed by atoms with van der Waals surface area (Å²) in [6.07, 6.45) is -2.36. The van der Waals surface area contributed by atoms with Crippen LogP contribution in [0.4, 0.5) is 18.9 Å². The Labute approximate surface area is 137 Å². The van der Waals surface area contributed by atoms with Crippen LogP contribution >= 0.6 is 0 Å². The first-order valence-electron chi connectivity index (χ1n) is 7.54. The van der Waals surface area contributed by atoms with Crippen molar-refractivity contribution >= 4 is 16.9 Å². The number of anilines is 1. The maximum Gasteiger partial charge on any atom is 0.416 e. The summed E-state index contributed by atoms with van der Waals surface area (Å²) in [5.74, 6) is 0.748. The van der Waals surface area contributed by atoms with E-state index in [0.717, 1.165) is 29.0 Å². The highest BCUT2D eigenvalue weighted by Crippen LogP contribution is 2.30. The molecule has 0 fully saturated rings. The van der Waals surface area contributed by atoms with Crippen LogP contribution in [0.15, 0.2) is 36.5 Å².